The van der Waals surface area contributed by atoms with Crippen LogP contribution in [-0.4, -0.2) is 11.9 Å². The molecule has 0 radical (unpaired) electrons. The maximum atomic E-state index is 13.7. The van der Waals surface area contributed by atoms with Crippen molar-refractivity contribution < 1.29 is 9.18 Å². The van der Waals surface area contributed by atoms with Gasteiger partial charge in [0, 0.05) is 6.04 Å². The van der Waals surface area contributed by atoms with Gasteiger partial charge in [0.25, 0.3) is 5.91 Å². The molecule has 3 heteroatoms. The van der Waals surface area contributed by atoms with Gasteiger partial charge in [-0.15, -0.1) is 0 Å². The number of hydrogen-bond donors (Lipinski definition) is 1. The van der Waals surface area contributed by atoms with Gasteiger partial charge in [-0.1, -0.05) is 69.9 Å². The molecule has 0 unspecified atom stereocenters. The van der Waals surface area contributed by atoms with Crippen molar-refractivity contribution in [2.75, 3.05) is 0 Å². The van der Waals surface area contributed by atoms with Crippen LogP contribution in [0, 0.1) is 5.82 Å². The Bertz CT molecular complexity index is 449. The van der Waals surface area contributed by atoms with Crippen LogP contribution >= 0.6 is 0 Å². The SMILES string of the molecule is O=C(NC1CCCCCCCCCCC1)c1ccccc1F. The Morgan fingerprint density at radius 3 is 1.91 bits per heavy atom. The zero-order chi connectivity index (χ0) is 15.6. The standard InChI is InChI=1S/C19H28FNO/c20-18-15-11-10-14-17(18)19(22)21-16-12-8-6-4-2-1-3-5-7-9-13-16/h10-11,14-16H,1-9,12-13H2,(H,21,22). The summed E-state index contributed by atoms with van der Waals surface area (Å²) in [5.41, 5.74) is 0.161. The molecule has 1 fully saturated rings. The fraction of sp³-hybridized carbons (Fsp3) is 0.632. The Labute approximate surface area is 133 Å². The first-order valence-corrected chi connectivity index (χ1v) is 8.83. The van der Waals surface area contributed by atoms with Crippen molar-refractivity contribution in [1.82, 2.24) is 5.32 Å². The summed E-state index contributed by atoms with van der Waals surface area (Å²) in [6, 6.07) is 6.41. The van der Waals surface area contributed by atoms with E-state index in [4.69, 9.17) is 0 Å². The molecule has 1 saturated carbocycles. The van der Waals surface area contributed by atoms with E-state index in [-0.39, 0.29) is 17.5 Å². The molecule has 1 aliphatic rings. The van der Waals surface area contributed by atoms with E-state index in [0.29, 0.717) is 0 Å². The van der Waals surface area contributed by atoms with Crippen molar-refractivity contribution in [2.45, 2.75) is 76.7 Å². The molecule has 2 nitrogen and oxygen atoms in total. The number of carbonyl (C=O) groups is 1. The highest BCUT2D eigenvalue weighted by molar-refractivity contribution is 5.94. The van der Waals surface area contributed by atoms with Crippen molar-refractivity contribution >= 4 is 5.91 Å². The van der Waals surface area contributed by atoms with Gasteiger partial charge in [-0.05, 0) is 25.0 Å². The number of amides is 1. The molecule has 0 atom stereocenters. The molecule has 1 amide bonds. The Hall–Kier alpha value is -1.38. The summed E-state index contributed by atoms with van der Waals surface area (Å²) in [6.45, 7) is 0. The second kappa shape index (κ2) is 9.60. The molecular formula is C19H28FNO. The molecule has 1 aliphatic carbocycles. The minimum atomic E-state index is -0.437. The number of nitrogens with one attached hydrogen (secondary N) is 1. The van der Waals surface area contributed by atoms with Gasteiger partial charge in [-0.2, -0.15) is 0 Å². The average Bonchev–Trinajstić information content (AvgIpc) is 2.50. The van der Waals surface area contributed by atoms with E-state index >= 15 is 0 Å². The lowest BCUT2D eigenvalue weighted by Gasteiger charge is -2.19. The van der Waals surface area contributed by atoms with Crippen LogP contribution in [0.2, 0.25) is 0 Å². The first-order valence-electron chi connectivity index (χ1n) is 8.83. The molecule has 0 bridgehead atoms. The highest BCUT2D eigenvalue weighted by Crippen LogP contribution is 2.17. The molecule has 0 aliphatic heterocycles. The van der Waals surface area contributed by atoms with Crippen molar-refractivity contribution in [3.8, 4) is 0 Å². The third kappa shape index (κ3) is 5.78. The number of halogens is 1. The van der Waals surface area contributed by atoms with Crippen LogP contribution in [0.1, 0.15) is 81.0 Å². The van der Waals surface area contributed by atoms with E-state index in [9.17, 15) is 9.18 Å². The van der Waals surface area contributed by atoms with Gasteiger partial charge in [0.1, 0.15) is 5.82 Å². The molecule has 0 spiro atoms. The quantitative estimate of drug-likeness (QED) is 0.796. The van der Waals surface area contributed by atoms with E-state index < -0.39 is 5.82 Å². The molecular weight excluding hydrogens is 277 g/mol. The van der Waals surface area contributed by atoms with Crippen molar-refractivity contribution in [2.24, 2.45) is 0 Å². The van der Waals surface area contributed by atoms with E-state index in [1.807, 2.05) is 0 Å². The normalized spacial score (nSPS) is 19.0. The van der Waals surface area contributed by atoms with Gasteiger partial charge < -0.3 is 5.32 Å². The van der Waals surface area contributed by atoms with Crippen LogP contribution in [0.3, 0.4) is 0 Å². The average molecular weight is 305 g/mol. The lowest BCUT2D eigenvalue weighted by Crippen LogP contribution is -2.35. The Balaban J connectivity index is 1.89. The second-order valence-electron chi connectivity index (χ2n) is 6.41. The molecule has 22 heavy (non-hydrogen) atoms. The summed E-state index contributed by atoms with van der Waals surface area (Å²) >= 11 is 0. The number of hydrogen-bond acceptors (Lipinski definition) is 1. The maximum Gasteiger partial charge on any atom is 0.254 e. The Morgan fingerprint density at radius 2 is 1.36 bits per heavy atom. The number of benzene rings is 1. The molecule has 0 heterocycles. The van der Waals surface area contributed by atoms with E-state index in [0.717, 1.165) is 25.7 Å². The fourth-order valence-electron chi connectivity index (χ4n) is 3.22. The van der Waals surface area contributed by atoms with Gasteiger partial charge in [0.05, 0.1) is 5.56 Å². The first kappa shape index (κ1) is 17.0. The third-order valence-electron chi connectivity index (χ3n) is 4.56. The van der Waals surface area contributed by atoms with E-state index in [1.165, 1.54) is 51.0 Å². The van der Waals surface area contributed by atoms with Crippen molar-refractivity contribution in [1.29, 1.82) is 0 Å². The van der Waals surface area contributed by atoms with Crippen molar-refractivity contribution in [3.63, 3.8) is 0 Å². The van der Waals surface area contributed by atoms with Crippen LogP contribution in [0.4, 0.5) is 4.39 Å². The smallest absolute Gasteiger partial charge is 0.254 e. The Kier molecular flexibility index (Phi) is 7.41. The van der Waals surface area contributed by atoms with Crippen LogP contribution in [0.25, 0.3) is 0 Å². The molecule has 2 rings (SSSR count). The zero-order valence-corrected chi connectivity index (χ0v) is 13.5. The minimum Gasteiger partial charge on any atom is -0.349 e. The van der Waals surface area contributed by atoms with Crippen LogP contribution in [0.15, 0.2) is 24.3 Å². The lowest BCUT2D eigenvalue weighted by molar-refractivity contribution is 0.0927. The highest BCUT2D eigenvalue weighted by Gasteiger charge is 2.16. The third-order valence-corrected chi connectivity index (χ3v) is 4.56. The Morgan fingerprint density at radius 1 is 0.864 bits per heavy atom. The molecule has 0 saturated heterocycles. The summed E-state index contributed by atoms with van der Waals surface area (Å²) in [6.07, 6.45) is 13.5. The van der Waals surface area contributed by atoms with Crippen LogP contribution in [0.5, 0.6) is 0 Å². The monoisotopic (exact) mass is 305 g/mol. The van der Waals surface area contributed by atoms with E-state index in [2.05, 4.69) is 5.32 Å². The lowest BCUT2D eigenvalue weighted by atomic mass is 9.97. The summed E-state index contributed by atoms with van der Waals surface area (Å²) in [7, 11) is 0. The largest absolute Gasteiger partial charge is 0.349 e. The van der Waals surface area contributed by atoms with Crippen LogP contribution in [-0.2, 0) is 0 Å². The van der Waals surface area contributed by atoms with Gasteiger partial charge in [0.15, 0.2) is 0 Å². The molecule has 1 aromatic carbocycles. The summed E-state index contributed by atoms with van der Waals surface area (Å²) in [5.74, 6) is -0.705. The van der Waals surface area contributed by atoms with Gasteiger partial charge in [-0.25, -0.2) is 4.39 Å². The summed E-state index contributed by atoms with van der Waals surface area (Å²) in [4.78, 5) is 12.3. The van der Waals surface area contributed by atoms with Crippen LogP contribution < -0.4 is 5.32 Å². The molecule has 1 aromatic rings. The summed E-state index contributed by atoms with van der Waals surface area (Å²) in [5, 5.41) is 3.05. The molecule has 0 aromatic heterocycles. The summed E-state index contributed by atoms with van der Waals surface area (Å²) < 4.78 is 13.7. The molecule has 1 N–H and O–H groups in total. The highest BCUT2D eigenvalue weighted by atomic mass is 19.1. The van der Waals surface area contributed by atoms with E-state index in [1.54, 1.807) is 18.2 Å². The van der Waals surface area contributed by atoms with Gasteiger partial charge >= 0.3 is 0 Å². The first-order chi connectivity index (χ1) is 10.8. The maximum absolute atomic E-state index is 13.7. The topological polar surface area (TPSA) is 29.1 Å². The number of carbonyl (C=O) groups excluding carboxylic acids is 1. The van der Waals surface area contributed by atoms with Crippen molar-refractivity contribution in [3.05, 3.63) is 35.6 Å². The predicted octanol–water partition coefficient (Wildman–Crippen LogP) is 5.23. The van der Waals surface area contributed by atoms with Gasteiger partial charge in [-0.3, -0.25) is 4.79 Å². The molecule has 122 valence electrons. The second-order valence-corrected chi connectivity index (χ2v) is 6.41. The van der Waals surface area contributed by atoms with Gasteiger partial charge in [0.2, 0.25) is 0 Å². The number of rotatable bonds is 2. The minimum absolute atomic E-state index is 0.161. The fourth-order valence-corrected chi connectivity index (χ4v) is 3.22. The zero-order valence-electron chi connectivity index (χ0n) is 13.5. The predicted molar refractivity (Wildman–Crippen MR) is 88.4 cm³/mol.